The van der Waals surface area contributed by atoms with Crippen LogP contribution in [0.1, 0.15) is 10.6 Å². The highest BCUT2D eigenvalue weighted by molar-refractivity contribution is 7.09. The fourth-order valence-corrected chi connectivity index (χ4v) is 3.02. The first-order chi connectivity index (χ1) is 10.8. The summed E-state index contributed by atoms with van der Waals surface area (Å²) in [5.41, 5.74) is 1.26. The summed E-state index contributed by atoms with van der Waals surface area (Å²) in [5, 5.41) is 5.71. The number of nitrogens with one attached hydrogen (secondary N) is 1. The van der Waals surface area contributed by atoms with Gasteiger partial charge in [-0.1, -0.05) is 30.3 Å². The number of ether oxygens (including phenoxy) is 1. The van der Waals surface area contributed by atoms with E-state index in [1.54, 1.807) is 6.20 Å². The van der Waals surface area contributed by atoms with E-state index < -0.39 is 6.10 Å². The Kier molecular flexibility index (Phi) is 5.15. The van der Waals surface area contributed by atoms with E-state index in [0.29, 0.717) is 19.7 Å². The number of morpholine rings is 1. The van der Waals surface area contributed by atoms with Gasteiger partial charge in [0.2, 0.25) is 0 Å². The van der Waals surface area contributed by atoms with Crippen LogP contribution in [0.15, 0.2) is 41.9 Å². The quantitative estimate of drug-likeness (QED) is 0.911. The molecule has 0 radical (unpaired) electrons. The summed E-state index contributed by atoms with van der Waals surface area (Å²) in [6, 6.07) is 10.3. The van der Waals surface area contributed by atoms with Gasteiger partial charge in [-0.25, -0.2) is 4.98 Å². The van der Waals surface area contributed by atoms with Gasteiger partial charge in [-0.2, -0.15) is 0 Å². The average molecular weight is 317 g/mol. The van der Waals surface area contributed by atoms with Crippen LogP contribution in [0, 0.1) is 0 Å². The third-order valence-corrected chi connectivity index (χ3v) is 4.37. The zero-order valence-electron chi connectivity index (χ0n) is 12.3. The lowest BCUT2D eigenvalue weighted by Gasteiger charge is -2.32. The van der Waals surface area contributed by atoms with E-state index in [-0.39, 0.29) is 5.91 Å². The van der Waals surface area contributed by atoms with Gasteiger partial charge >= 0.3 is 0 Å². The van der Waals surface area contributed by atoms with Crippen molar-refractivity contribution < 1.29 is 9.53 Å². The maximum absolute atomic E-state index is 12.2. The molecular formula is C16H19N3O2S. The minimum Gasteiger partial charge on any atom is -0.366 e. The fraction of sp³-hybridized carbons (Fsp3) is 0.375. The second kappa shape index (κ2) is 7.49. The van der Waals surface area contributed by atoms with Gasteiger partial charge in [0.15, 0.2) is 0 Å². The lowest BCUT2D eigenvalue weighted by molar-refractivity contribution is -0.139. The molecule has 0 unspecified atom stereocenters. The molecule has 1 aliphatic heterocycles. The number of aromatic nitrogens is 1. The molecule has 6 heteroatoms. The van der Waals surface area contributed by atoms with Crippen molar-refractivity contribution >= 4 is 17.2 Å². The lowest BCUT2D eigenvalue weighted by atomic mass is 10.2. The molecule has 1 aliphatic rings. The van der Waals surface area contributed by atoms with Crippen LogP contribution in [0.3, 0.4) is 0 Å². The summed E-state index contributed by atoms with van der Waals surface area (Å²) in [7, 11) is 0. The monoisotopic (exact) mass is 317 g/mol. The number of rotatable bonds is 5. The smallest absolute Gasteiger partial charge is 0.250 e. The summed E-state index contributed by atoms with van der Waals surface area (Å²) in [4.78, 5) is 18.6. The molecule has 0 bridgehead atoms. The Labute approximate surface area is 133 Å². The Morgan fingerprint density at radius 3 is 3.05 bits per heavy atom. The Morgan fingerprint density at radius 1 is 1.41 bits per heavy atom. The molecule has 1 N–H and O–H groups in total. The molecular weight excluding hydrogens is 298 g/mol. The van der Waals surface area contributed by atoms with Crippen LogP contribution in [0.25, 0.3) is 0 Å². The average Bonchev–Trinajstić information content (AvgIpc) is 3.07. The van der Waals surface area contributed by atoms with Crippen LogP contribution in [-0.2, 0) is 22.6 Å². The van der Waals surface area contributed by atoms with Gasteiger partial charge in [0.25, 0.3) is 5.91 Å². The Hall–Kier alpha value is -1.76. The molecule has 0 saturated carbocycles. The van der Waals surface area contributed by atoms with Gasteiger partial charge in [-0.05, 0) is 5.56 Å². The molecule has 1 aromatic heterocycles. The minimum atomic E-state index is -0.405. The predicted molar refractivity (Wildman–Crippen MR) is 85.4 cm³/mol. The second-order valence-electron chi connectivity index (χ2n) is 5.22. The minimum absolute atomic E-state index is 0.0621. The maximum atomic E-state index is 12.2. The van der Waals surface area contributed by atoms with Gasteiger partial charge in [-0.3, -0.25) is 9.69 Å². The van der Waals surface area contributed by atoms with Crippen LogP contribution in [-0.4, -0.2) is 41.6 Å². The first kappa shape index (κ1) is 15.1. The molecule has 3 rings (SSSR count). The molecule has 116 valence electrons. The molecule has 5 nitrogen and oxygen atoms in total. The van der Waals surface area contributed by atoms with Crippen LogP contribution >= 0.6 is 11.3 Å². The van der Waals surface area contributed by atoms with E-state index in [1.807, 2.05) is 23.6 Å². The van der Waals surface area contributed by atoms with Gasteiger partial charge in [0.1, 0.15) is 11.1 Å². The van der Waals surface area contributed by atoms with E-state index in [1.165, 1.54) is 16.9 Å². The van der Waals surface area contributed by atoms with Crippen LogP contribution < -0.4 is 5.32 Å². The fourth-order valence-electron chi connectivity index (χ4n) is 2.46. The molecule has 1 amide bonds. The number of amides is 1. The molecule has 0 spiro atoms. The lowest BCUT2D eigenvalue weighted by Crippen LogP contribution is -2.49. The SMILES string of the molecule is O=C(NCc1nccs1)[C@@H]1CN(Cc2ccccc2)CCO1. The van der Waals surface area contributed by atoms with Crippen LogP contribution in [0.2, 0.25) is 0 Å². The number of hydrogen-bond acceptors (Lipinski definition) is 5. The maximum Gasteiger partial charge on any atom is 0.250 e. The predicted octanol–water partition coefficient (Wildman–Crippen LogP) is 1.66. The highest BCUT2D eigenvalue weighted by atomic mass is 32.1. The van der Waals surface area contributed by atoms with Crippen molar-refractivity contribution in [3.05, 3.63) is 52.5 Å². The number of nitrogens with zero attached hydrogens (tertiary/aromatic N) is 2. The summed E-state index contributed by atoms with van der Waals surface area (Å²) >= 11 is 1.54. The summed E-state index contributed by atoms with van der Waals surface area (Å²) in [5.74, 6) is -0.0621. The van der Waals surface area contributed by atoms with Gasteiger partial charge in [-0.15, -0.1) is 11.3 Å². The molecule has 2 aromatic rings. The van der Waals surface area contributed by atoms with Crippen molar-refractivity contribution in [3.63, 3.8) is 0 Å². The van der Waals surface area contributed by atoms with Crippen molar-refractivity contribution in [3.8, 4) is 0 Å². The van der Waals surface area contributed by atoms with Gasteiger partial charge in [0, 0.05) is 31.2 Å². The van der Waals surface area contributed by atoms with Gasteiger partial charge in [0.05, 0.1) is 13.2 Å². The summed E-state index contributed by atoms with van der Waals surface area (Å²) in [6.45, 7) is 3.38. The molecule has 1 atom stereocenters. The first-order valence-electron chi connectivity index (χ1n) is 7.35. The summed E-state index contributed by atoms with van der Waals surface area (Å²) in [6.07, 6.45) is 1.34. The Morgan fingerprint density at radius 2 is 2.27 bits per heavy atom. The van der Waals surface area contributed by atoms with Crippen molar-refractivity contribution in [2.24, 2.45) is 0 Å². The number of thiazole rings is 1. The molecule has 1 fully saturated rings. The van der Waals surface area contributed by atoms with E-state index >= 15 is 0 Å². The highest BCUT2D eigenvalue weighted by Crippen LogP contribution is 2.11. The summed E-state index contributed by atoms with van der Waals surface area (Å²) < 4.78 is 5.61. The highest BCUT2D eigenvalue weighted by Gasteiger charge is 2.26. The Bertz CT molecular complexity index is 589. The normalized spacial score (nSPS) is 19.0. The number of hydrogen-bond donors (Lipinski definition) is 1. The Balaban J connectivity index is 1.50. The van der Waals surface area contributed by atoms with E-state index in [0.717, 1.165) is 18.1 Å². The third kappa shape index (κ3) is 4.13. The van der Waals surface area contributed by atoms with Crippen LogP contribution in [0.5, 0.6) is 0 Å². The first-order valence-corrected chi connectivity index (χ1v) is 8.23. The number of carbonyl (C=O) groups is 1. The van der Waals surface area contributed by atoms with Crippen molar-refractivity contribution in [1.82, 2.24) is 15.2 Å². The number of benzene rings is 1. The van der Waals surface area contributed by atoms with Crippen LogP contribution in [0.4, 0.5) is 0 Å². The standard InChI is InChI=1S/C16H19N3O2S/c20-16(18-10-15-17-6-9-22-15)14-12-19(7-8-21-14)11-13-4-2-1-3-5-13/h1-6,9,14H,7-8,10-12H2,(H,18,20)/t14-/m0/s1. The largest absolute Gasteiger partial charge is 0.366 e. The molecule has 1 aromatic carbocycles. The molecule has 1 saturated heterocycles. The van der Waals surface area contributed by atoms with Crippen molar-refractivity contribution in [2.45, 2.75) is 19.2 Å². The van der Waals surface area contributed by atoms with Gasteiger partial charge < -0.3 is 10.1 Å². The zero-order valence-corrected chi connectivity index (χ0v) is 13.1. The zero-order chi connectivity index (χ0) is 15.2. The molecule has 22 heavy (non-hydrogen) atoms. The van der Waals surface area contributed by atoms with E-state index in [9.17, 15) is 4.79 Å². The van der Waals surface area contributed by atoms with E-state index in [4.69, 9.17) is 4.74 Å². The van der Waals surface area contributed by atoms with Crippen molar-refractivity contribution in [2.75, 3.05) is 19.7 Å². The molecule has 2 heterocycles. The third-order valence-electron chi connectivity index (χ3n) is 3.59. The second-order valence-corrected chi connectivity index (χ2v) is 6.20. The van der Waals surface area contributed by atoms with Crippen molar-refractivity contribution in [1.29, 1.82) is 0 Å². The number of carbonyl (C=O) groups excluding carboxylic acids is 1. The molecule has 0 aliphatic carbocycles. The topological polar surface area (TPSA) is 54.5 Å². The van der Waals surface area contributed by atoms with E-state index in [2.05, 4.69) is 27.3 Å².